The maximum Gasteiger partial charge on any atom is 0.410 e. The van der Waals surface area contributed by atoms with Crippen LogP contribution in [0.4, 0.5) is 4.79 Å². The van der Waals surface area contributed by atoms with Crippen LogP contribution in [0.25, 0.3) is 0 Å². The largest absolute Gasteiger partial charge is 0.462 e. The fourth-order valence-electron chi connectivity index (χ4n) is 2.66. The fourth-order valence-corrected chi connectivity index (χ4v) is 2.66. The molecule has 1 aromatic heterocycles. The zero-order valence-electron chi connectivity index (χ0n) is 15.2. The second-order valence-electron chi connectivity index (χ2n) is 7.36. The van der Waals surface area contributed by atoms with Gasteiger partial charge in [0.15, 0.2) is 0 Å². The van der Waals surface area contributed by atoms with E-state index in [2.05, 4.69) is 12.0 Å². The van der Waals surface area contributed by atoms with Crippen LogP contribution in [0, 0.1) is 0 Å². The molecule has 1 aliphatic rings. The number of piperidine rings is 1. The molecule has 0 aromatic carbocycles. The molecule has 0 aliphatic carbocycles. The summed E-state index contributed by atoms with van der Waals surface area (Å²) in [7, 11) is 0. The Morgan fingerprint density at radius 1 is 1.29 bits per heavy atom. The van der Waals surface area contributed by atoms with Gasteiger partial charge in [-0.05, 0) is 47.5 Å². The summed E-state index contributed by atoms with van der Waals surface area (Å²) in [5.74, 6) is -0.362. The van der Waals surface area contributed by atoms with Gasteiger partial charge in [-0.25, -0.2) is 9.59 Å². The maximum absolute atomic E-state index is 12.1. The van der Waals surface area contributed by atoms with Crippen LogP contribution in [0.5, 0.6) is 0 Å². The molecule has 134 valence electrons. The number of hydrogen-bond acceptors (Lipinski definition) is 5. The molecule has 0 radical (unpaired) electrons. The van der Waals surface area contributed by atoms with Crippen LogP contribution >= 0.6 is 0 Å². The molecular formula is C17H27N3O4. The number of nitrogens with zero attached hydrogens (tertiary/aromatic N) is 3. The molecule has 1 aromatic rings. The number of rotatable bonds is 3. The molecule has 1 saturated heterocycles. The van der Waals surface area contributed by atoms with Crippen LogP contribution < -0.4 is 0 Å². The number of esters is 1. The SMILES string of the molecule is CCOC(=O)c1cnn(C2(C)CCN(C(=O)OC(C)(C)C)CC2)c1. The Morgan fingerprint density at radius 2 is 1.92 bits per heavy atom. The highest BCUT2D eigenvalue weighted by Gasteiger charge is 2.35. The molecular weight excluding hydrogens is 310 g/mol. The summed E-state index contributed by atoms with van der Waals surface area (Å²) in [6.07, 6.45) is 4.47. The number of carbonyl (C=O) groups is 2. The quantitative estimate of drug-likeness (QED) is 0.793. The van der Waals surface area contributed by atoms with Gasteiger partial charge in [-0.15, -0.1) is 0 Å². The number of aromatic nitrogens is 2. The van der Waals surface area contributed by atoms with Crippen molar-refractivity contribution in [3.63, 3.8) is 0 Å². The van der Waals surface area contributed by atoms with Crippen LogP contribution in [-0.4, -0.2) is 52.0 Å². The van der Waals surface area contributed by atoms with Crippen LogP contribution in [-0.2, 0) is 15.0 Å². The molecule has 2 heterocycles. The number of carbonyl (C=O) groups excluding carboxylic acids is 2. The smallest absolute Gasteiger partial charge is 0.410 e. The topological polar surface area (TPSA) is 73.7 Å². The lowest BCUT2D eigenvalue weighted by atomic mass is 9.90. The van der Waals surface area contributed by atoms with Crippen molar-refractivity contribution in [1.82, 2.24) is 14.7 Å². The summed E-state index contributed by atoms with van der Waals surface area (Å²) in [5.41, 5.74) is -0.273. The van der Waals surface area contributed by atoms with Gasteiger partial charge in [-0.2, -0.15) is 5.10 Å². The highest BCUT2D eigenvalue weighted by molar-refractivity contribution is 5.88. The zero-order chi connectivity index (χ0) is 18.0. The average Bonchev–Trinajstić information content (AvgIpc) is 2.97. The van der Waals surface area contributed by atoms with Crippen molar-refractivity contribution in [1.29, 1.82) is 0 Å². The third-order valence-electron chi connectivity index (χ3n) is 4.14. The Hall–Kier alpha value is -2.05. The Kier molecular flexibility index (Phi) is 5.20. The molecule has 0 bridgehead atoms. The van der Waals surface area contributed by atoms with E-state index in [1.54, 1.807) is 18.0 Å². The van der Waals surface area contributed by atoms with Gasteiger partial charge in [-0.3, -0.25) is 4.68 Å². The average molecular weight is 337 g/mol. The molecule has 1 aliphatic heterocycles. The first-order valence-electron chi connectivity index (χ1n) is 8.35. The van der Waals surface area contributed by atoms with Gasteiger partial charge < -0.3 is 14.4 Å². The highest BCUT2D eigenvalue weighted by atomic mass is 16.6. The minimum atomic E-state index is -0.492. The predicted molar refractivity (Wildman–Crippen MR) is 88.9 cm³/mol. The van der Waals surface area contributed by atoms with Crippen LogP contribution in [0.3, 0.4) is 0 Å². The van der Waals surface area contributed by atoms with E-state index in [0.717, 1.165) is 12.8 Å². The van der Waals surface area contributed by atoms with Crippen molar-refractivity contribution in [2.75, 3.05) is 19.7 Å². The summed E-state index contributed by atoms with van der Waals surface area (Å²) < 4.78 is 12.2. The van der Waals surface area contributed by atoms with Gasteiger partial charge in [0.05, 0.1) is 23.9 Å². The second-order valence-corrected chi connectivity index (χ2v) is 7.36. The molecule has 7 heteroatoms. The van der Waals surface area contributed by atoms with Crippen LogP contribution in [0.15, 0.2) is 12.4 Å². The molecule has 0 saturated carbocycles. The first kappa shape index (κ1) is 18.3. The summed E-state index contributed by atoms with van der Waals surface area (Å²) in [5, 5.41) is 4.33. The summed E-state index contributed by atoms with van der Waals surface area (Å²) >= 11 is 0. The molecule has 0 atom stereocenters. The second kappa shape index (κ2) is 6.83. The Balaban J connectivity index is 1.99. The van der Waals surface area contributed by atoms with Crippen LogP contribution in [0.2, 0.25) is 0 Å². The fraction of sp³-hybridized carbons (Fsp3) is 0.706. The molecule has 7 nitrogen and oxygen atoms in total. The van der Waals surface area contributed by atoms with E-state index in [-0.39, 0.29) is 17.6 Å². The van der Waals surface area contributed by atoms with Gasteiger partial charge >= 0.3 is 12.1 Å². The molecule has 1 amide bonds. The van der Waals surface area contributed by atoms with Gasteiger partial charge in [-0.1, -0.05) is 0 Å². The van der Waals surface area contributed by atoms with E-state index in [9.17, 15) is 9.59 Å². The Bertz CT molecular complexity index is 595. The van der Waals surface area contributed by atoms with Crippen molar-refractivity contribution >= 4 is 12.1 Å². The Morgan fingerprint density at radius 3 is 2.46 bits per heavy atom. The predicted octanol–water partition coefficient (Wildman–Crippen LogP) is 2.81. The van der Waals surface area contributed by atoms with Crippen molar-refractivity contribution in [2.45, 2.75) is 58.6 Å². The lowest BCUT2D eigenvalue weighted by molar-refractivity contribution is 0.0120. The third-order valence-corrected chi connectivity index (χ3v) is 4.14. The highest BCUT2D eigenvalue weighted by Crippen LogP contribution is 2.30. The summed E-state index contributed by atoms with van der Waals surface area (Å²) in [6.45, 7) is 11.0. The number of likely N-dealkylation sites (tertiary alicyclic amines) is 1. The van der Waals surface area contributed by atoms with Gasteiger partial charge in [0.1, 0.15) is 5.60 Å². The lowest BCUT2D eigenvalue weighted by Gasteiger charge is -2.39. The van der Waals surface area contributed by atoms with Crippen molar-refractivity contribution in [2.24, 2.45) is 0 Å². The van der Waals surface area contributed by atoms with Crippen molar-refractivity contribution in [3.05, 3.63) is 18.0 Å². The van der Waals surface area contributed by atoms with E-state index < -0.39 is 5.60 Å². The molecule has 0 spiro atoms. The number of amides is 1. The normalized spacial score (nSPS) is 17.5. The monoisotopic (exact) mass is 337 g/mol. The first-order chi connectivity index (χ1) is 11.1. The number of ether oxygens (including phenoxy) is 2. The third kappa shape index (κ3) is 4.27. The zero-order valence-corrected chi connectivity index (χ0v) is 15.2. The standard InChI is InChI=1S/C17H27N3O4/c1-6-23-14(21)13-11-18-20(12-13)17(5)7-9-19(10-8-17)15(22)24-16(2,3)4/h11-12H,6-10H2,1-5H3. The lowest BCUT2D eigenvalue weighted by Crippen LogP contribution is -2.48. The minimum absolute atomic E-state index is 0.233. The number of hydrogen-bond donors (Lipinski definition) is 0. The van der Waals surface area contributed by atoms with E-state index in [1.165, 1.54) is 6.20 Å². The van der Waals surface area contributed by atoms with Crippen LogP contribution in [0.1, 0.15) is 57.8 Å². The molecule has 0 N–H and O–H groups in total. The summed E-state index contributed by atoms with van der Waals surface area (Å²) in [6, 6.07) is 0. The molecule has 0 unspecified atom stereocenters. The minimum Gasteiger partial charge on any atom is -0.462 e. The molecule has 1 fully saturated rings. The van der Waals surface area contributed by atoms with E-state index in [4.69, 9.17) is 9.47 Å². The molecule has 2 rings (SSSR count). The van der Waals surface area contributed by atoms with Crippen molar-refractivity contribution < 1.29 is 19.1 Å². The van der Waals surface area contributed by atoms with E-state index in [0.29, 0.717) is 25.3 Å². The summed E-state index contributed by atoms with van der Waals surface area (Å²) in [4.78, 5) is 25.6. The van der Waals surface area contributed by atoms with Gasteiger partial charge in [0.25, 0.3) is 0 Å². The van der Waals surface area contributed by atoms with E-state index >= 15 is 0 Å². The van der Waals surface area contributed by atoms with E-state index in [1.807, 2.05) is 25.5 Å². The maximum atomic E-state index is 12.1. The first-order valence-corrected chi connectivity index (χ1v) is 8.35. The van der Waals surface area contributed by atoms with Gasteiger partial charge in [0, 0.05) is 19.3 Å². The Labute approximate surface area is 142 Å². The van der Waals surface area contributed by atoms with Crippen molar-refractivity contribution in [3.8, 4) is 0 Å². The van der Waals surface area contributed by atoms with Gasteiger partial charge in [0.2, 0.25) is 0 Å². The molecule has 24 heavy (non-hydrogen) atoms.